The first kappa shape index (κ1) is 22.6. The Bertz CT molecular complexity index is 880. The summed E-state index contributed by atoms with van der Waals surface area (Å²) in [4.78, 5) is 27.4. The van der Waals surface area contributed by atoms with Crippen molar-refractivity contribution in [2.24, 2.45) is 0 Å². The van der Waals surface area contributed by atoms with E-state index in [1.165, 1.54) is 22.5 Å². The highest BCUT2D eigenvalue weighted by Crippen LogP contribution is 2.30. The summed E-state index contributed by atoms with van der Waals surface area (Å²) in [5.74, 6) is 0.0129. The fraction of sp³-hybridized carbons (Fsp3) is 0.579. The third-order valence-electron chi connectivity index (χ3n) is 5.12. The number of nitrogens with zero attached hydrogens (tertiary/aromatic N) is 3. The van der Waals surface area contributed by atoms with Gasteiger partial charge < -0.3 is 19.3 Å². The molecule has 0 N–H and O–H groups in total. The average molecular weight is 460 g/mol. The number of piperazine rings is 1. The van der Waals surface area contributed by atoms with Crippen molar-refractivity contribution in [2.45, 2.75) is 24.7 Å². The van der Waals surface area contributed by atoms with Gasteiger partial charge in [-0.05, 0) is 38.0 Å². The van der Waals surface area contributed by atoms with Crippen LogP contribution in [0.2, 0.25) is 5.02 Å². The molecule has 1 aromatic carbocycles. The third kappa shape index (κ3) is 5.16. The van der Waals surface area contributed by atoms with Crippen molar-refractivity contribution >= 4 is 33.6 Å². The van der Waals surface area contributed by atoms with Crippen LogP contribution < -0.4 is 4.74 Å². The highest BCUT2D eigenvalue weighted by molar-refractivity contribution is 7.89. The second-order valence-electron chi connectivity index (χ2n) is 7.06. The third-order valence-corrected chi connectivity index (χ3v) is 7.31. The summed E-state index contributed by atoms with van der Waals surface area (Å²) in [5.41, 5.74) is 0. The molecule has 2 fully saturated rings. The van der Waals surface area contributed by atoms with Crippen molar-refractivity contribution in [1.29, 1.82) is 0 Å². The fourth-order valence-electron chi connectivity index (χ4n) is 3.42. The number of hydrogen-bond donors (Lipinski definition) is 0. The Hall–Kier alpha value is -2.04. The summed E-state index contributed by atoms with van der Waals surface area (Å²) in [6.07, 6.45) is 1.32. The highest BCUT2D eigenvalue weighted by Gasteiger charge is 2.28. The molecule has 0 radical (unpaired) electrons. The molecule has 2 saturated heterocycles. The molecule has 30 heavy (non-hydrogen) atoms. The molecular formula is C19H26ClN3O6S. The number of ether oxygens (including phenoxy) is 2. The Balaban J connectivity index is 1.53. The Kier molecular flexibility index (Phi) is 7.43. The van der Waals surface area contributed by atoms with Crippen LogP contribution in [0.5, 0.6) is 5.75 Å². The van der Waals surface area contributed by atoms with Crippen molar-refractivity contribution in [3.8, 4) is 5.75 Å². The van der Waals surface area contributed by atoms with Gasteiger partial charge in [-0.3, -0.25) is 4.79 Å². The first-order valence-electron chi connectivity index (χ1n) is 9.95. The van der Waals surface area contributed by atoms with Gasteiger partial charge in [0.15, 0.2) is 6.61 Å². The van der Waals surface area contributed by atoms with E-state index >= 15 is 0 Å². The zero-order chi connectivity index (χ0) is 21.7. The van der Waals surface area contributed by atoms with Gasteiger partial charge in [0.1, 0.15) is 5.75 Å². The van der Waals surface area contributed by atoms with Crippen LogP contribution >= 0.6 is 11.6 Å². The van der Waals surface area contributed by atoms with E-state index in [-0.39, 0.29) is 34.3 Å². The van der Waals surface area contributed by atoms with Gasteiger partial charge in [0.05, 0.1) is 16.5 Å². The lowest BCUT2D eigenvalue weighted by Crippen LogP contribution is -2.51. The molecule has 0 atom stereocenters. The van der Waals surface area contributed by atoms with Crippen LogP contribution in [0.15, 0.2) is 23.1 Å². The highest BCUT2D eigenvalue weighted by atomic mass is 35.5. The first-order valence-corrected chi connectivity index (χ1v) is 11.8. The number of amides is 2. The van der Waals surface area contributed by atoms with E-state index in [1.807, 2.05) is 0 Å². The first-order chi connectivity index (χ1) is 14.3. The van der Waals surface area contributed by atoms with Crippen LogP contribution in [-0.2, 0) is 19.6 Å². The van der Waals surface area contributed by atoms with E-state index in [1.54, 1.807) is 16.7 Å². The van der Waals surface area contributed by atoms with E-state index < -0.39 is 10.0 Å². The lowest BCUT2D eigenvalue weighted by molar-refractivity contribution is -0.134. The van der Waals surface area contributed by atoms with Gasteiger partial charge >= 0.3 is 6.09 Å². The number of benzene rings is 1. The molecule has 0 unspecified atom stereocenters. The maximum Gasteiger partial charge on any atom is 0.409 e. The van der Waals surface area contributed by atoms with Crippen LogP contribution in [0.1, 0.15) is 19.8 Å². The Morgan fingerprint density at radius 3 is 2.27 bits per heavy atom. The lowest BCUT2D eigenvalue weighted by atomic mass is 10.3. The molecule has 0 aromatic heterocycles. The van der Waals surface area contributed by atoms with Gasteiger partial charge in [0.2, 0.25) is 10.0 Å². The Morgan fingerprint density at radius 2 is 1.67 bits per heavy atom. The predicted molar refractivity (Wildman–Crippen MR) is 110 cm³/mol. The normalized spacial score (nSPS) is 17.8. The van der Waals surface area contributed by atoms with Crippen LogP contribution in [0.4, 0.5) is 4.79 Å². The average Bonchev–Trinajstić information content (AvgIpc) is 3.29. The molecule has 9 nitrogen and oxygen atoms in total. The van der Waals surface area contributed by atoms with E-state index in [2.05, 4.69) is 0 Å². The van der Waals surface area contributed by atoms with Crippen LogP contribution in [-0.4, -0.2) is 87.0 Å². The minimum atomic E-state index is -3.57. The number of carbonyl (C=O) groups is 2. The molecule has 0 aliphatic carbocycles. The minimum Gasteiger partial charge on any atom is -0.482 e. The largest absolute Gasteiger partial charge is 0.482 e. The maximum atomic E-state index is 12.6. The standard InChI is InChI=1S/C19H26ClN3O6S/c1-2-28-19(25)22-11-9-21(10-12-22)18(24)14-29-17-6-5-15(13-16(17)20)30(26,27)23-7-3-4-8-23/h5-6,13H,2-4,7-12,14H2,1H3. The lowest BCUT2D eigenvalue weighted by Gasteiger charge is -2.34. The van der Waals surface area contributed by atoms with Gasteiger partial charge in [0.25, 0.3) is 5.91 Å². The van der Waals surface area contributed by atoms with Crippen LogP contribution in [0.3, 0.4) is 0 Å². The van der Waals surface area contributed by atoms with Crippen molar-refractivity contribution in [3.63, 3.8) is 0 Å². The molecular weight excluding hydrogens is 434 g/mol. The summed E-state index contributed by atoms with van der Waals surface area (Å²) in [7, 11) is -3.57. The van der Waals surface area contributed by atoms with E-state index in [0.29, 0.717) is 45.9 Å². The zero-order valence-electron chi connectivity index (χ0n) is 16.9. The zero-order valence-corrected chi connectivity index (χ0v) is 18.5. The smallest absolute Gasteiger partial charge is 0.409 e. The number of halogens is 1. The molecule has 0 spiro atoms. The monoisotopic (exact) mass is 459 g/mol. The van der Waals surface area contributed by atoms with Crippen LogP contribution in [0, 0.1) is 0 Å². The SMILES string of the molecule is CCOC(=O)N1CCN(C(=O)COc2ccc(S(=O)(=O)N3CCCC3)cc2Cl)CC1. The molecule has 0 saturated carbocycles. The molecule has 1 aromatic rings. The fourth-order valence-corrected chi connectivity index (χ4v) is 5.26. The quantitative estimate of drug-likeness (QED) is 0.643. The summed E-state index contributed by atoms with van der Waals surface area (Å²) < 4.78 is 37.2. The summed E-state index contributed by atoms with van der Waals surface area (Å²) in [6.45, 7) is 4.43. The van der Waals surface area contributed by atoms with Crippen molar-refractivity contribution in [1.82, 2.24) is 14.1 Å². The Morgan fingerprint density at radius 1 is 1.03 bits per heavy atom. The molecule has 11 heteroatoms. The van der Waals surface area contributed by atoms with E-state index in [0.717, 1.165) is 12.8 Å². The van der Waals surface area contributed by atoms with Crippen molar-refractivity contribution < 1.29 is 27.5 Å². The summed E-state index contributed by atoms with van der Waals surface area (Å²) in [5, 5.41) is 0.134. The molecule has 0 bridgehead atoms. The van der Waals surface area contributed by atoms with Gasteiger partial charge in [-0.1, -0.05) is 11.6 Å². The minimum absolute atomic E-state index is 0.114. The molecule has 2 aliphatic rings. The predicted octanol–water partition coefficient (Wildman–Crippen LogP) is 1.80. The van der Waals surface area contributed by atoms with Crippen LogP contribution in [0.25, 0.3) is 0 Å². The number of rotatable bonds is 6. The number of sulfonamides is 1. The van der Waals surface area contributed by atoms with Crippen molar-refractivity contribution in [3.05, 3.63) is 23.2 Å². The maximum absolute atomic E-state index is 12.6. The van der Waals surface area contributed by atoms with Gasteiger partial charge in [-0.2, -0.15) is 4.31 Å². The molecule has 2 aliphatic heterocycles. The molecule has 2 amide bonds. The second kappa shape index (κ2) is 9.84. The summed E-state index contributed by atoms with van der Waals surface area (Å²) in [6, 6.07) is 4.27. The Labute approximate surface area is 181 Å². The topological polar surface area (TPSA) is 96.5 Å². The van der Waals surface area contributed by atoms with E-state index in [9.17, 15) is 18.0 Å². The number of hydrogen-bond acceptors (Lipinski definition) is 6. The molecule has 166 valence electrons. The van der Waals surface area contributed by atoms with Gasteiger partial charge in [-0.25, -0.2) is 13.2 Å². The van der Waals surface area contributed by atoms with Crippen molar-refractivity contribution in [2.75, 3.05) is 52.5 Å². The van der Waals surface area contributed by atoms with E-state index in [4.69, 9.17) is 21.1 Å². The summed E-state index contributed by atoms with van der Waals surface area (Å²) >= 11 is 6.20. The second-order valence-corrected chi connectivity index (χ2v) is 9.40. The molecule has 2 heterocycles. The molecule has 3 rings (SSSR count). The van der Waals surface area contributed by atoms with Gasteiger partial charge in [-0.15, -0.1) is 0 Å². The number of carbonyl (C=O) groups excluding carboxylic acids is 2. The van der Waals surface area contributed by atoms with Gasteiger partial charge in [0, 0.05) is 39.3 Å².